The lowest BCUT2D eigenvalue weighted by atomic mass is 10.3. The molecule has 1 heterocycles. The van der Waals surface area contributed by atoms with Crippen molar-refractivity contribution in [3.63, 3.8) is 0 Å². The molecule has 0 radical (unpaired) electrons. The van der Waals surface area contributed by atoms with E-state index >= 15 is 0 Å². The van der Waals surface area contributed by atoms with Crippen LogP contribution in [0.1, 0.15) is 27.2 Å². The normalized spacial score (nSPS) is 21.2. The summed E-state index contributed by atoms with van der Waals surface area (Å²) in [5, 5.41) is 0. The van der Waals surface area contributed by atoms with Crippen LogP contribution in [0.15, 0.2) is 0 Å². The van der Waals surface area contributed by atoms with Crippen LogP contribution in [0.3, 0.4) is 0 Å². The second-order valence-corrected chi connectivity index (χ2v) is 5.57. The van der Waals surface area contributed by atoms with E-state index in [0.717, 1.165) is 16.8 Å². The van der Waals surface area contributed by atoms with Gasteiger partial charge >= 0.3 is 0 Å². The highest BCUT2D eigenvalue weighted by atomic mass is 28.1. The first-order chi connectivity index (χ1) is 8.65. The molecular weight excluding hydrogens is 252 g/mol. The van der Waals surface area contributed by atoms with Crippen molar-refractivity contribution in [3.05, 3.63) is 0 Å². The summed E-state index contributed by atoms with van der Waals surface area (Å²) in [6.45, 7) is 8.95. The number of rotatable bonds is 11. The minimum Gasteiger partial charge on any atom is -0.383 e. The van der Waals surface area contributed by atoms with Crippen molar-refractivity contribution in [1.29, 1.82) is 0 Å². The third-order valence-corrected chi connectivity index (χ3v) is 3.35. The first kappa shape index (κ1) is 16.1. The van der Waals surface area contributed by atoms with Crippen molar-refractivity contribution in [3.8, 4) is 0 Å². The fraction of sp³-hybridized carbons (Fsp3) is 1.00. The van der Waals surface area contributed by atoms with Crippen molar-refractivity contribution in [2.75, 3.05) is 33.0 Å². The second kappa shape index (κ2) is 8.24. The lowest BCUT2D eigenvalue weighted by Gasteiger charge is -2.34. The van der Waals surface area contributed by atoms with Crippen molar-refractivity contribution < 1.29 is 23.7 Å². The summed E-state index contributed by atoms with van der Waals surface area (Å²) in [6.07, 6.45) is 0.812. The van der Waals surface area contributed by atoms with Gasteiger partial charge in [0.15, 0.2) is 0 Å². The van der Waals surface area contributed by atoms with Gasteiger partial charge in [-0.15, -0.1) is 0 Å². The molecule has 1 fully saturated rings. The highest BCUT2D eigenvalue weighted by molar-refractivity contribution is 6.11. The van der Waals surface area contributed by atoms with Gasteiger partial charge in [0.2, 0.25) is 0 Å². The molecule has 0 amide bonds. The van der Waals surface area contributed by atoms with Crippen molar-refractivity contribution in [2.45, 2.75) is 45.0 Å². The van der Waals surface area contributed by atoms with Gasteiger partial charge in [-0.25, -0.2) is 0 Å². The lowest BCUT2D eigenvalue weighted by molar-refractivity contribution is -0.385. The monoisotopic (exact) mass is 278 g/mol. The summed E-state index contributed by atoms with van der Waals surface area (Å²) < 4.78 is 28.0. The van der Waals surface area contributed by atoms with Gasteiger partial charge in [-0.2, -0.15) is 0 Å². The van der Waals surface area contributed by atoms with Crippen LogP contribution in [-0.4, -0.2) is 61.1 Å². The Balaban J connectivity index is 2.54. The van der Waals surface area contributed by atoms with Crippen molar-refractivity contribution in [1.82, 2.24) is 0 Å². The molecule has 1 aliphatic heterocycles. The number of hydrogen-bond donors (Lipinski definition) is 0. The molecule has 5 nitrogen and oxygen atoms in total. The standard InChI is InChI=1S/C12H26O5Si/c1-4-13-11(18)7-12(15-5-2,16-6-3)17-9-10-8-14-10/h10-11H,4-9H2,1-3,18H3. The average Bonchev–Trinajstić information content (AvgIpc) is 3.11. The minimum atomic E-state index is -0.975. The number of hydrogen-bond acceptors (Lipinski definition) is 5. The zero-order valence-corrected chi connectivity index (χ0v) is 13.9. The Labute approximate surface area is 112 Å². The van der Waals surface area contributed by atoms with Crippen LogP contribution in [0.25, 0.3) is 0 Å². The van der Waals surface area contributed by atoms with E-state index < -0.39 is 5.97 Å². The van der Waals surface area contributed by atoms with Crippen LogP contribution >= 0.6 is 0 Å². The second-order valence-electron chi connectivity index (χ2n) is 4.29. The quantitative estimate of drug-likeness (QED) is 0.308. The van der Waals surface area contributed by atoms with Gasteiger partial charge in [-0.3, -0.25) is 0 Å². The third-order valence-electron chi connectivity index (χ3n) is 2.61. The fourth-order valence-corrected chi connectivity index (χ4v) is 2.65. The highest BCUT2D eigenvalue weighted by Crippen LogP contribution is 2.25. The summed E-state index contributed by atoms with van der Waals surface area (Å²) >= 11 is 0. The van der Waals surface area contributed by atoms with Gasteiger partial charge in [-0.05, 0) is 20.8 Å². The summed E-state index contributed by atoms with van der Waals surface area (Å²) in [7, 11) is 0.919. The van der Waals surface area contributed by atoms with Gasteiger partial charge in [0.1, 0.15) is 6.10 Å². The maximum atomic E-state index is 5.82. The average molecular weight is 278 g/mol. The molecule has 6 heteroatoms. The van der Waals surface area contributed by atoms with Gasteiger partial charge in [0, 0.05) is 35.8 Å². The van der Waals surface area contributed by atoms with Crippen LogP contribution in [-0.2, 0) is 23.7 Å². The molecule has 1 saturated heterocycles. The van der Waals surface area contributed by atoms with Crippen LogP contribution in [0.2, 0.25) is 0 Å². The largest absolute Gasteiger partial charge is 0.383 e. The van der Waals surface area contributed by atoms with Crippen LogP contribution in [0, 0.1) is 0 Å². The topological polar surface area (TPSA) is 49.5 Å². The SMILES string of the molecule is CCOC([SiH3])CC(OCC)(OCC)OCC1CO1. The molecule has 0 aliphatic carbocycles. The fourth-order valence-electron chi connectivity index (χ4n) is 1.82. The molecule has 1 rings (SSSR count). The molecule has 0 bridgehead atoms. The van der Waals surface area contributed by atoms with Crippen LogP contribution in [0.4, 0.5) is 0 Å². The zero-order chi connectivity index (χ0) is 13.4. The maximum absolute atomic E-state index is 5.82. The molecule has 0 aromatic carbocycles. The summed E-state index contributed by atoms with van der Waals surface area (Å²) in [5.41, 5.74) is 0.160. The van der Waals surface area contributed by atoms with E-state index in [4.69, 9.17) is 23.7 Å². The molecule has 2 unspecified atom stereocenters. The van der Waals surface area contributed by atoms with E-state index in [-0.39, 0.29) is 11.8 Å². The Morgan fingerprint density at radius 1 is 1.17 bits per heavy atom. The zero-order valence-electron chi connectivity index (χ0n) is 11.9. The Bertz CT molecular complexity index is 217. The molecule has 1 aliphatic rings. The molecule has 2 atom stereocenters. The van der Waals surface area contributed by atoms with E-state index in [0.29, 0.717) is 32.8 Å². The van der Waals surface area contributed by atoms with E-state index in [1.807, 2.05) is 20.8 Å². The maximum Gasteiger partial charge on any atom is 0.285 e. The van der Waals surface area contributed by atoms with Gasteiger partial charge < -0.3 is 23.7 Å². The Hall–Kier alpha value is 0.0169. The molecule has 0 saturated carbocycles. The summed E-state index contributed by atoms with van der Waals surface area (Å²) in [6, 6.07) is 0. The Morgan fingerprint density at radius 3 is 2.22 bits per heavy atom. The Morgan fingerprint density at radius 2 is 1.78 bits per heavy atom. The molecular formula is C12H26O5Si. The predicted molar refractivity (Wildman–Crippen MR) is 71.6 cm³/mol. The first-order valence-electron chi connectivity index (χ1n) is 6.80. The molecule has 0 aromatic heterocycles. The predicted octanol–water partition coefficient (Wildman–Crippen LogP) is 0.247. The molecule has 0 spiro atoms. The van der Waals surface area contributed by atoms with Crippen LogP contribution in [0.5, 0.6) is 0 Å². The molecule has 18 heavy (non-hydrogen) atoms. The minimum absolute atomic E-state index is 0.160. The molecule has 108 valence electrons. The summed E-state index contributed by atoms with van der Waals surface area (Å²) in [5.74, 6) is -0.975. The van der Waals surface area contributed by atoms with Crippen molar-refractivity contribution >= 4 is 10.2 Å². The number of epoxide rings is 1. The summed E-state index contributed by atoms with van der Waals surface area (Å²) in [4.78, 5) is 0. The van der Waals surface area contributed by atoms with Gasteiger partial charge in [0.25, 0.3) is 5.97 Å². The molecule has 0 aromatic rings. The van der Waals surface area contributed by atoms with E-state index in [1.54, 1.807) is 0 Å². The number of ether oxygens (including phenoxy) is 5. The van der Waals surface area contributed by atoms with Gasteiger partial charge in [0.05, 0.1) is 19.6 Å². The van der Waals surface area contributed by atoms with Gasteiger partial charge in [-0.1, -0.05) is 0 Å². The Kier molecular flexibility index (Phi) is 7.36. The van der Waals surface area contributed by atoms with E-state index in [9.17, 15) is 0 Å². The van der Waals surface area contributed by atoms with E-state index in [1.165, 1.54) is 0 Å². The van der Waals surface area contributed by atoms with Crippen molar-refractivity contribution in [2.24, 2.45) is 0 Å². The third kappa shape index (κ3) is 5.77. The lowest BCUT2D eigenvalue weighted by Crippen LogP contribution is -2.44. The first-order valence-corrected chi connectivity index (χ1v) is 7.96. The molecule has 0 N–H and O–H groups in total. The highest BCUT2D eigenvalue weighted by Gasteiger charge is 2.37. The van der Waals surface area contributed by atoms with Crippen LogP contribution < -0.4 is 0 Å². The van der Waals surface area contributed by atoms with E-state index in [2.05, 4.69) is 0 Å². The smallest absolute Gasteiger partial charge is 0.285 e.